The van der Waals surface area contributed by atoms with Crippen LogP contribution in [0.25, 0.3) is 0 Å². The molecule has 1 aromatic carbocycles. The van der Waals surface area contributed by atoms with Crippen LogP contribution < -0.4 is 5.43 Å². The Kier molecular flexibility index (Phi) is 4.79. The van der Waals surface area contributed by atoms with E-state index >= 15 is 0 Å². The summed E-state index contributed by atoms with van der Waals surface area (Å²) in [5.41, 5.74) is 3.15. The van der Waals surface area contributed by atoms with Gasteiger partial charge in [0.15, 0.2) is 0 Å². The van der Waals surface area contributed by atoms with Crippen LogP contribution in [0.15, 0.2) is 35.7 Å². The first-order valence-electron chi connectivity index (χ1n) is 6.09. The van der Waals surface area contributed by atoms with Gasteiger partial charge in [0.25, 0.3) is 5.91 Å². The highest BCUT2D eigenvalue weighted by Gasteiger charge is 2.13. The molecule has 2 rings (SSSR count). The van der Waals surface area contributed by atoms with Gasteiger partial charge in [-0.05, 0) is 24.0 Å². The van der Waals surface area contributed by atoms with Crippen LogP contribution in [0.1, 0.15) is 17.3 Å². The van der Waals surface area contributed by atoms with E-state index in [2.05, 4.69) is 20.6 Å². The number of hydrazone groups is 1. The zero-order chi connectivity index (χ0) is 16.1. The van der Waals surface area contributed by atoms with Gasteiger partial charge in [-0.1, -0.05) is 28.7 Å². The van der Waals surface area contributed by atoms with E-state index in [1.54, 1.807) is 31.2 Å². The summed E-state index contributed by atoms with van der Waals surface area (Å²) in [6.07, 6.45) is 1.22. The van der Waals surface area contributed by atoms with Crippen molar-refractivity contribution in [2.45, 2.75) is 13.5 Å². The SMILES string of the molecule is CC(Cn1cnc([N+](=O)[O-])n1)=NNC(=O)c1ccccc1Cl. The van der Waals surface area contributed by atoms with E-state index in [1.807, 2.05) is 0 Å². The maximum atomic E-state index is 11.9. The minimum Gasteiger partial charge on any atom is -0.390 e. The molecule has 0 fully saturated rings. The summed E-state index contributed by atoms with van der Waals surface area (Å²) in [6.45, 7) is 1.80. The first kappa shape index (κ1) is 15.6. The Labute approximate surface area is 129 Å². The van der Waals surface area contributed by atoms with Gasteiger partial charge in [-0.15, -0.1) is 0 Å². The van der Waals surface area contributed by atoms with Crippen LogP contribution >= 0.6 is 11.6 Å². The average Bonchev–Trinajstić information content (AvgIpc) is 2.94. The van der Waals surface area contributed by atoms with Gasteiger partial charge in [-0.25, -0.2) is 5.43 Å². The first-order chi connectivity index (χ1) is 10.5. The van der Waals surface area contributed by atoms with Crippen molar-refractivity contribution < 1.29 is 9.72 Å². The average molecular weight is 323 g/mol. The minimum atomic E-state index is -0.692. The highest BCUT2D eigenvalue weighted by Crippen LogP contribution is 2.14. The highest BCUT2D eigenvalue weighted by atomic mass is 35.5. The first-order valence-corrected chi connectivity index (χ1v) is 6.47. The number of hydrogen-bond donors (Lipinski definition) is 1. The van der Waals surface area contributed by atoms with E-state index in [1.165, 1.54) is 11.0 Å². The number of aromatic nitrogens is 3. The molecular weight excluding hydrogens is 312 g/mol. The van der Waals surface area contributed by atoms with E-state index in [0.717, 1.165) is 0 Å². The Morgan fingerprint density at radius 1 is 1.50 bits per heavy atom. The van der Waals surface area contributed by atoms with Gasteiger partial charge in [-0.2, -0.15) is 9.78 Å². The van der Waals surface area contributed by atoms with Gasteiger partial charge in [0.05, 0.1) is 22.8 Å². The third-order valence-corrected chi connectivity index (χ3v) is 2.87. The molecule has 0 spiro atoms. The van der Waals surface area contributed by atoms with E-state index < -0.39 is 16.8 Å². The second kappa shape index (κ2) is 6.76. The van der Waals surface area contributed by atoms with Crippen molar-refractivity contribution in [3.8, 4) is 0 Å². The Hall–Kier alpha value is -2.81. The van der Waals surface area contributed by atoms with E-state index in [0.29, 0.717) is 16.3 Å². The second-order valence-corrected chi connectivity index (χ2v) is 4.67. The predicted molar refractivity (Wildman–Crippen MR) is 78.7 cm³/mol. The Bertz CT molecular complexity index is 742. The summed E-state index contributed by atoms with van der Waals surface area (Å²) < 4.78 is 1.25. The number of carbonyl (C=O) groups is 1. The van der Waals surface area contributed by atoms with Crippen LogP contribution in [0.5, 0.6) is 0 Å². The molecule has 0 bridgehead atoms. The van der Waals surface area contributed by atoms with E-state index in [-0.39, 0.29) is 6.54 Å². The van der Waals surface area contributed by atoms with Gasteiger partial charge < -0.3 is 10.1 Å². The fourth-order valence-corrected chi connectivity index (χ4v) is 1.79. The fraction of sp³-hybridized carbons (Fsp3) is 0.167. The molecule has 0 atom stereocenters. The Balaban J connectivity index is 1.99. The molecule has 2 aromatic rings. The summed E-state index contributed by atoms with van der Waals surface area (Å²) in [5.74, 6) is -0.942. The molecule has 10 heteroatoms. The number of halogens is 1. The van der Waals surface area contributed by atoms with Crippen molar-refractivity contribution in [3.05, 3.63) is 51.3 Å². The number of hydrogen-bond acceptors (Lipinski definition) is 6. The number of nitro groups is 1. The van der Waals surface area contributed by atoms with Crippen LogP contribution in [0, 0.1) is 10.1 Å². The van der Waals surface area contributed by atoms with Crippen LogP contribution in [0.2, 0.25) is 5.02 Å². The summed E-state index contributed by atoms with van der Waals surface area (Å²) in [7, 11) is 0. The molecule has 9 nitrogen and oxygen atoms in total. The standard InChI is InChI=1S/C12H11ClN6O3/c1-8(6-18-7-14-12(17-18)19(21)22)15-16-11(20)9-4-2-3-5-10(9)13/h2-5,7H,6H2,1H3,(H,16,20). The third kappa shape index (κ3) is 3.85. The second-order valence-electron chi connectivity index (χ2n) is 4.27. The topological polar surface area (TPSA) is 115 Å². The van der Waals surface area contributed by atoms with Gasteiger partial charge in [-0.3, -0.25) is 4.79 Å². The molecule has 0 saturated carbocycles. The molecule has 0 saturated heterocycles. The molecule has 22 heavy (non-hydrogen) atoms. The van der Waals surface area contributed by atoms with Crippen molar-refractivity contribution in [3.63, 3.8) is 0 Å². The third-order valence-electron chi connectivity index (χ3n) is 2.55. The number of carbonyl (C=O) groups excluding carboxylic acids is 1. The van der Waals surface area contributed by atoms with Gasteiger partial charge in [0.2, 0.25) is 6.33 Å². The largest absolute Gasteiger partial charge is 0.490 e. The van der Waals surface area contributed by atoms with E-state index in [9.17, 15) is 14.9 Å². The fourth-order valence-electron chi connectivity index (χ4n) is 1.57. The maximum absolute atomic E-state index is 11.9. The molecular formula is C12H11ClN6O3. The molecule has 0 aliphatic rings. The van der Waals surface area contributed by atoms with E-state index in [4.69, 9.17) is 11.6 Å². The zero-order valence-corrected chi connectivity index (χ0v) is 12.2. The number of amides is 1. The molecule has 114 valence electrons. The van der Waals surface area contributed by atoms with Crippen molar-refractivity contribution in [2.75, 3.05) is 0 Å². The van der Waals surface area contributed by atoms with Crippen LogP contribution in [-0.4, -0.2) is 31.3 Å². The molecule has 0 aliphatic heterocycles. The number of rotatable bonds is 5. The van der Waals surface area contributed by atoms with Crippen molar-refractivity contribution in [2.24, 2.45) is 5.10 Å². The number of benzene rings is 1. The molecule has 1 aromatic heterocycles. The molecule has 0 radical (unpaired) electrons. The Morgan fingerprint density at radius 2 is 2.23 bits per heavy atom. The van der Waals surface area contributed by atoms with Crippen LogP contribution in [0.3, 0.4) is 0 Å². The molecule has 1 amide bonds. The monoisotopic (exact) mass is 322 g/mol. The molecule has 0 aliphatic carbocycles. The quantitative estimate of drug-likeness (QED) is 0.510. The van der Waals surface area contributed by atoms with Crippen molar-refractivity contribution >= 4 is 29.2 Å². The van der Waals surface area contributed by atoms with Crippen LogP contribution in [-0.2, 0) is 6.54 Å². The number of nitrogens with one attached hydrogen (secondary N) is 1. The lowest BCUT2D eigenvalue weighted by Gasteiger charge is -2.03. The summed E-state index contributed by atoms with van der Waals surface area (Å²) in [4.78, 5) is 25.2. The van der Waals surface area contributed by atoms with Gasteiger partial charge in [0, 0.05) is 5.10 Å². The van der Waals surface area contributed by atoms with Gasteiger partial charge in [0.1, 0.15) is 0 Å². The molecule has 1 heterocycles. The summed E-state index contributed by atoms with van der Waals surface area (Å²) in [5, 5.41) is 18.3. The normalized spacial score (nSPS) is 11.3. The highest BCUT2D eigenvalue weighted by molar-refractivity contribution is 6.33. The summed E-state index contributed by atoms with van der Waals surface area (Å²) >= 11 is 5.90. The Morgan fingerprint density at radius 3 is 2.86 bits per heavy atom. The molecule has 1 N–H and O–H groups in total. The van der Waals surface area contributed by atoms with Crippen molar-refractivity contribution in [1.82, 2.24) is 20.2 Å². The lowest BCUT2D eigenvalue weighted by atomic mass is 10.2. The maximum Gasteiger partial charge on any atom is 0.490 e. The lowest BCUT2D eigenvalue weighted by molar-refractivity contribution is -0.394. The summed E-state index contributed by atoms with van der Waals surface area (Å²) in [6, 6.07) is 6.57. The minimum absolute atomic E-state index is 0.156. The van der Waals surface area contributed by atoms with Gasteiger partial charge >= 0.3 is 5.95 Å². The van der Waals surface area contributed by atoms with Crippen molar-refractivity contribution in [1.29, 1.82) is 0 Å². The predicted octanol–water partition coefficient (Wildman–Crippen LogP) is 1.65. The van der Waals surface area contributed by atoms with Crippen LogP contribution in [0.4, 0.5) is 5.95 Å². The smallest absolute Gasteiger partial charge is 0.390 e. The number of nitrogens with zero attached hydrogens (tertiary/aromatic N) is 5. The lowest BCUT2D eigenvalue weighted by Crippen LogP contribution is -2.21. The molecule has 0 unspecified atom stereocenters. The zero-order valence-electron chi connectivity index (χ0n) is 11.4.